The molecule has 0 heterocycles. The average Bonchev–Trinajstić information content (AvgIpc) is 3.21. The highest BCUT2D eigenvalue weighted by Crippen LogP contribution is 2.35. The predicted octanol–water partition coefficient (Wildman–Crippen LogP) is 17.4. The monoisotopic (exact) mass is 885 g/mol. The van der Waals surface area contributed by atoms with Crippen LogP contribution in [0.4, 0.5) is 4.79 Å². The van der Waals surface area contributed by atoms with Crippen LogP contribution in [0.25, 0.3) is 0 Å². The Hall–Kier alpha value is -2.57. The van der Waals surface area contributed by atoms with Crippen LogP contribution >= 0.6 is 0 Å². The lowest BCUT2D eigenvalue weighted by Crippen LogP contribution is -2.31. The second-order valence-corrected chi connectivity index (χ2v) is 20.8. The Morgan fingerprint density at radius 2 is 0.794 bits per heavy atom. The van der Waals surface area contributed by atoms with E-state index in [0.29, 0.717) is 19.0 Å². The number of aryl methyl sites for hydroxylation is 1. The van der Waals surface area contributed by atoms with Crippen LogP contribution in [0.5, 0.6) is 5.75 Å². The molecule has 1 aromatic rings. The molecule has 0 amide bonds. The molecule has 63 heavy (non-hydrogen) atoms. The lowest BCUT2D eigenvalue weighted by Gasteiger charge is -2.26. The van der Waals surface area contributed by atoms with E-state index >= 15 is 0 Å². The quantitative estimate of drug-likeness (QED) is 0.0214. The van der Waals surface area contributed by atoms with Gasteiger partial charge in [-0.25, -0.2) is 4.79 Å². The second-order valence-electron chi connectivity index (χ2n) is 20.8. The molecule has 0 fully saturated rings. The molecule has 0 bridgehead atoms. The normalized spacial score (nSPS) is 11.9. The van der Waals surface area contributed by atoms with Gasteiger partial charge in [0.15, 0.2) is 5.92 Å². The molecule has 7 heteroatoms. The first-order valence-corrected chi connectivity index (χ1v) is 26.6. The molecule has 0 aliphatic heterocycles. The van der Waals surface area contributed by atoms with Crippen LogP contribution in [-0.4, -0.2) is 36.9 Å². The number of carbonyl (C=O) groups excluding carboxylic acids is 3. The molecule has 0 saturated carbocycles. The zero-order chi connectivity index (χ0) is 46.6. The van der Waals surface area contributed by atoms with Crippen molar-refractivity contribution in [3.8, 4) is 5.75 Å². The van der Waals surface area contributed by atoms with Gasteiger partial charge in [0.2, 0.25) is 0 Å². The molecule has 366 valence electrons. The summed E-state index contributed by atoms with van der Waals surface area (Å²) in [7, 11) is 0. The molecule has 0 spiro atoms. The van der Waals surface area contributed by atoms with Gasteiger partial charge >= 0.3 is 18.1 Å². The summed E-state index contributed by atoms with van der Waals surface area (Å²) in [5.74, 6) is -1.72. The molecule has 0 unspecified atom stereocenters. The maximum atomic E-state index is 13.7. The minimum atomic E-state index is -1.07. The van der Waals surface area contributed by atoms with Crippen LogP contribution in [0.3, 0.4) is 0 Å². The largest absolute Gasteiger partial charge is 0.514 e. The van der Waals surface area contributed by atoms with Crippen molar-refractivity contribution in [2.24, 2.45) is 5.92 Å². The van der Waals surface area contributed by atoms with E-state index in [9.17, 15) is 14.4 Å². The van der Waals surface area contributed by atoms with Crippen LogP contribution in [0, 0.1) is 12.8 Å². The molecular weight excluding hydrogens is 785 g/mol. The number of hydrogen-bond donors (Lipinski definition) is 0. The summed E-state index contributed by atoms with van der Waals surface area (Å²) in [5.41, 5.74) is 1.33. The van der Waals surface area contributed by atoms with Crippen LogP contribution in [0.15, 0.2) is 12.1 Å². The maximum absolute atomic E-state index is 13.7. The third kappa shape index (κ3) is 31.9. The zero-order valence-electron chi connectivity index (χ0n) is 42.8. The van der Waals surface area contributed by atoms with Gasteiger partial charge in [0.1, 0.15) is 11.4 Å². The van der Waals surface area contributed by atoms with E-state index in [1.165, 1.54) is 167 Å². The van der Waals surface area contributed by atoms with Crippen molar-refractivity contribution in [3.63, 3.8) is 0 Å². The highest BCUT2D eigenvalue weighted by molar-refractivity contribution is 5.95. The van der Waals surface area contributed by atoms with Crippen molar-refractivity contribution in [3.05, 3.63) is 28.8 Å². The molecule has 0 aliphatic rings. The molecular formula is C56H100O7. The molecule has 0 radical (unpaired) electrons. The van der Waals surface area contributed by atoms with Crippen LogP contribution < -0.4 is 4.74 Å². The molecule has 1 aromatic carbocycles. The van der Waals surface area contributed by atoms with Gasteiger partial charge in [0, 0.05) is 5.56 Å². The fourth-order valence-electron chi connectivity index (χ4n) is 8.31. The second kappa shape index (κ2) is 36.6. The predicted molar refractivity (Wildman–Crippen MR) is 265 cm³/mol. The number of unbranched alkanes of at least 4 members (excludes halogenated alkanes) is 30. The SMILES string of the molecule is CCCCCCCCCCCCCCCCCCOC(=O)C(Cc1cc(C(C)(C)C)c(OC(=O)OC(C)(C)C)cc1C)C(=O)OCCCCCCCCCCCCCCCCCC. The standard InChI is InChI=1S/C56H100O7/c1-10-12-14-16-18-20-22-24-26-28-30-32-34-36-38-40-42-60-52(57)49(45-48-46-50(55(4,5)6)51(44-47(48)3)62-54(59)63-56(7,8)9)53(58)61-43-41-39-37-35-33-31-29-27-25-23-21-19-17-15-13-11-2/h44,46,49H,10-43,45H2,1-9H3. The lowest BCUT2D eigenvalue weighted by molar-refractivity contribution is -0.162. The van der Waals surface area contributed by atoms with Crippen LogP contribution in [0.2, 0.25) is 0 Å². The Morgan fingerprint density at radius 1 is 0.476 bits per heavy atom. The van der Waals surface area contributed by atoms with E-state index in [2.05, 4.69) is 13.8 Å². The topological polar surface area (TPSA) is 88.1 Å². The van der Waals surface area contributed by atoms with Gasteiger partial charge in [0.05, 0.1) is 13.2 Å². The Kier molecular flexibility index (Phi) is 34.0. The highest BCUT2D eigenvalue weighted by Gasteiger charge is 2.32. The molecule has 0 N–H and O–H groups in total. The van der Waals surface area contributed by atoms with Crippen molar-refractivity contribution in [2.45, 2.75) is 285 Å². The van der Waals surface area contributed by atoms with E-state index in [1.54, 1.807) is 26.8 Å². The Morgan fingerprint density at radius 3 is 1.10 bits per heavy atom. The Labute approximate surface area is 389 Å². The van der Waals surface area contributed by atoms with Gasteiger partial charge in [-0.1, -0.05) is 233 Å². The number of esters is 2. The number of carbonyl (C=O) groups is 3. The third-order valence-electron chi connectivity index (χ3n) is 12.3. The van der Waals surface area contributed by atoms with E-state index in [1.807, 2.05) is 33.8 Å². The summed E-state index contributed by atoms with van der Waals surface area (Å²) in [4.78, 5) is 40.0. The Balaban J connectivity index is 2.65. The minimum absolute atomic E-state index is 0.150. The van der Waals surface area contributed by atoms with Gasteiger partial charge in [-0.3, -0.25) is 9.59 Å². The first kappa shape index (κ1) is 58.4. The number of hydrogen-bond acceptors (Lipinski definition) is 7. The Bertz CT molecular complexity index is 1260. The smallest absolute Gasteiger partial charge is 0.465 e. The van der Waals surface area contributed by atoms with E-state index in [4.69, 9.17) is 18.9 Å². The van der Waals surface area contributed by atoms with Crippen molar-refractivity contribution in [1.29, 1.82) is 0 Å². The van der Waals surface area contributed by atoms with E-state index in [-0.39, 0.29) is 6.42 Å². The molecule has 0 atom stereocenters. The molecule has 0 aliphatic carbocycles. The lowest BCUT2D eigenvalue weighted by atomic mass is 9.83. The molecule has 1 rings (SSSR count). The van der Waals surface area contributed by atoms with Gasteiger partial charge in [0.25, 0.3) is 0 Å². The summed E-state index contributed by atoms with van der Waals surface area (Å²) in [6.07, 6.45) is 40.3. The van der Waals surface area contributed by atoms with Crippen molar-refractivity contribution >= 4 is 18.1 Å². The van der Waals surface area contributed by atoms with Crippen molar-refractivity contribution in [2.75, 3.05) is 13.2 Å². The summed E-state index contributed by atoms with van der Waals surface area (Å²) in [6, 6.07) is 3.76. The maximum Gasteiger partial charge on any atom is 0.514 e. The fraction of sp³-hybridized carbons (Fsp3) is 0.839. The first-order valence-electron chi connectivity index (χ1n) is 26.6. The minimum Gasteiger partial charge on any atom is -0.465 e. The van der Waals surface area contributed by atoms with Crippen LogP contribution in [-0.2, 0) is 35.6 Å². The first-order chi connectivity index (χ1) is 30.2. The highest BCUT2D eigenvalue weighted by atomic mass is 16.7. The van der Waals surface area contributed by atoms with E-state index in [0.717, 1.165) is 55.2 Å². The van der Waals surface area contributed by atoms with E-state index < -0.39 is 35.0 Å². The zero-order valence-corrected chi connectivity index (χ0v) is 42.8. The van der Waals surface area contributed by atoms with Crippen molar-refractivity contribution < 1.29 is 33.3 Å². The molecule has 7 nitrogen and oxygen atoms in total. The van der Waals surface area contributed by atoms with Gasteiger partial charge in [-0.15, -0.1) is 0 Å². The average molecular weight is 885 g/mol. The van der Waals surface area contributed by atoms with Crippen LogP contribution in [0.1, 0.15) is 278 Å². The van der Waals surface area contributed by atoms with Crippen molar-refractivity contribution in [1.82, 2.24) is 0 Å². The van der Waals surface area contributed by atoms with Gasteiger partial charge in [-0.05, 0) is 69.6 Å². The third-order valence-corrected chi connectivity index (χ3v) is 12.3. The summed E-state index contributed by atoms with van der Waals surface area (Å²) < 4.78 is 22.7. The summed E-state index contributed by atoms with van der Waals surface area (Å²) >= 11 is 0. The summed E-state index contributed by atoms with van der Waals surface area (Å²) in [6.45, 7) is 18.6. The van der Waals surface area contributed by atoms with Gasteiger partial charge < -0.3 is 18.9 Å². The number of rotatable bonds is 39. The number of benzene rings is 1. The number of ether oxygens (including phenoxy) is 4. The molecule has 0 saturated heterocycles. The van der Waals surface area contributed by atoms with Gasteiger partial charge in [-0.2, -0.15) is 0 Å². The summed E-state index contributed by atoms with van der Waals surface area (Å²) in [5, 5.41) is 0. The fourth-order valence-corrected chi connectivity index (χ4v) is 8.31. The molecule has 0 aromatic heterocycles.